The fourth-order valence-electron chi connectivity index (χ4n) is 2.35. The minimum atomic E-state index is -0.224. The van der Waals surface area contributed by atoms with E-state index in [-0.39, 0.29) is 5.82 Å². The van der Waals surface area contributed by atoms with Gasteiger partial charge in [0.25, 0.3) is 0 Å². The van der Waals surface area contributed by atoms with Crippen molar-refractivity contribution >= 4 is 16.6 Å². The molecule has 0 atom stereocenters. The summed E-state index contributed by atoms with van der Waals surface area (Å²) in [5, 5.41) is 4.27. The standard InChI is InChI=1S/C17H15FN2/c1-12-5-2-9-15(18)16(12)20-11-14-7-3-6-13-8-4-10-19-17(13)14/h2-10,20H,11H2,1H3. The smallest absolute Gasteiger partial charge is 0.146 e. The molecule has 0 spiro atoms. The molecular weight excluding hydrogens is 251 g/mol. The number of nitrogens with zero attached hydrogens (tertiary/aromatic N) is 1. The largest absolute Gasteiger partial charge is 0.378 e. The first-order chi connectivity index (χ1) is 9.75. The zero-order valence-corrected chi connectivity index (χ0v) is 11.2. The van der Waals surface area contributed by atoms with Gasteiger partial charge in [0.2, 0.25) is 0 Å². The van der Waals surface area contributed by atoms with Gasteiger partial charge in [0, 0.05) is 18.1 Å². The lowest BCUT2D eigenvalue weighted by Crippen LogP contribution is -2.04. The Labute approximate surface area is 117 Å². The summed E-state index contributed by atoms with van der Waals surface area (Å²) in [5.74, 6) is -0.224. The van der Waals surface area contributed by atoms with Gasteiger partial charge in [0.1, 0.15) is 5.82 Å². The van der Waals surface area contributed by atoms with Crippen LogP contribution in [0.25, 0.3) is 10.9 Å². The van der Waals surface area contributed by atoms with Crippen LogP contribution in [-0.2, 0) is 6.54 Å². The highest BCUT2D eigenvalue weighted by atomic mass is 19.1. The van der Waals surface area contributed by atoms with Gasteiger partial charge in [0.05, 0.1) is 11.2 Å². The molecule has 0 radical (unpaired) electrons. The van der Waals surface area contributed by atoms with E-state index in [4.69, 9.17) is 0 Å². The first-order valence-electron chi connectivity index (χ1n) is 6.57. The SMILES string of the molecule is Cc1cccc(F)c1NCc1cccc2cccnc12. The lowest BCUT2D eigenvalue weighted by atomic mass is 10.1. The molecule has 0 amide bonds. The molecule has 0 aliphatic carbocycles. The summed E-state index contributed by atoms with van der Waals surface area (Å²) in [6, 6.07) is 15.1. The number of halogens is 1. The molecule has 3 heteroatoms. The number of hydrogen-bond donors (Lipinski definition) is 1. The number of fused-ring (bicyclic) bond motifs is 1. The Morgan fingerprint density at radius 1 is 1.05 bits per heavy atom. The van der Waals surface area contributed by atoms with E-state index in [1.165, 1.54) is 6.07 Å². The highest BCUT2D eigenvalue weighted by molar-refractivity contribution is 5.81. The molecule has 0 aliphatic heterocycles. The van der Waals surface area contributed by atoms with Crippen molar-refractivity contribution in [2.45, 2.75) is 13.5 Å². The van der Waals surface area contributed by atoms with Crippen LogP contribution >= 0.6 is 0 Å². The molecule has 0 unspecified atom stereocenters. The maximum atomic E-state index is 13.8. The first-order valence-corrected chi connectivity index (χ1v) is 6.57. The van der Waals surface area contributed by atoms with Crippen molar-refractivity contribution in [2.24, 2.45) is 0 Å². The molecule has 1 N–H and O–H groups in total. The molecule has 0 saturated carbocycles. The quantitative estimate of drug-likeness (QED) is 0.764. The lowest BCUT2D eigenvalue weighted by molar-refractivity contribution is 0.629. The van der Waals surface area contributed by atoms with Gasteiger partial charge in [0.15, 0.2) is 0 Å². The predicted octanol–water partition coefficient (Wildman–Crippen LogP) is 4.29. The minimum Gasteiger partial charge on any atom is -0.378 e. The fourth-order valence-corrected chi connectivity index (χ4v) is 2.35. The van der Waals surface area contributed by atoms with E-state index in [1.807, 2.05) is 43.3 Å². The topological polar surface area (TPSA) is 24.9 Å². The van der Waals surface area contributed by atoms with E-state index in [1.54, 1.807) is 12.3 Å². The number of hydrogen-bond acceptors (Lipinski definition) is 2. The second-order valence-electron chi connectivity index (χ2n) is 4.78. The molecule has 3 rings (SSSR count). The maximum absolute atomic E-state index is 13.8. The predicted molar refractivity (Wildman–Crippen MR) is 80.2 cm³/mol. The number of anilines is 1. The number of benzene rings is 2. The summed E-state index contributed by atoms with van der Waals surface area (Å²) in [6.07, 6.45) is 1.78. The van der Waals surface area contributed by atoms with Crippen molar-refractivity contribution < 1.29 is 4.39 Å². The average molecular weight is 266 g/mol. The number of nitrogens with one attached hydrogen (secondary N) is 1. The Bertz CT molecular complexity index is 727. The van der Waals surface area contributed by atoms with Gasteiger partial charge in [-0.3, -0.25) is 4.98 Å². The highest BCUT2D eigenvalue weighted by Crippen LogP contribution is 2.21. The Morgan fingerprint density at radius 3 is 2.70 bits per heavy atom. The molecule has 0 aliphatic rings. The number of aryl methyl sites for hydroxylation is 1. The van der Waals surface area contributed by atoms with Crippen LogP contribution in [0, 0.1) is 12.7 Å². The second kappa shape index (κ2) is 5.29. The Hall–Kier alpha value is -2.42. The third-order valence-electron chi connectivity index (χ3n) is 3.39. The van der Waals surface area contributed by atoms with Crippen molar-refractivity contribution in [3.8, 4) is 0 Å². The zero-order valence-electron chi connectivity index (χ0n) is 11.2. The lowest BCUT2D eigenvalue weighted by Gasteiger charge is -2.11. The van der Waals surface area contributed by atoms with E-state index in [0.717, 1.165) is 22.0 Å². The van der Waals surface area contributed by atoms with Gasteiger partial charge in [-0.25, -0.2) is 4.39 Å². The van der Waals surface area contributed by atoms with Crippen LogP contribution in [-0.4, -0.2) is 4.98 Å². The average Bonchev–Trinajstić information content (AvgIpc) is 2.47. The van der Waals surface area contributed by atoms with Crippen LogP contribution in [0.2, 0.25) is 0 Å². The Morgan fingerprint density at radius 2 is 1.85 bits per heavy atom. The zero-order chi connectivity index (χ0) is 13.9. The molecular formula is C17H15FN2. The molecule has 0 fully saturated rings. The molecule has 2 nitrogen and oxygen atoms in total. The molecule has 3 aromatic rings. The highest BCUT2D eigenvalue weighted by Gasteiger charge is 2.06. The molecule has 0 saturated heterocycles. The molecule has 2 aromatic carbocycles. The number of aromatic nitrogens is 1. The molecule has 100 valence electrons. The fraction of sp³-hybridized carbons (Fsp3) is 0.118. The molecule has 0 bridgehead atoms. The van der Waals surface area contributed by atoms with Crippen molar-refractivity contribution in [1.82, 2.24) is 4.98 Å². The van der Waals surface area contributed by atoms with Crippen LogP contribution in [0.1, 0.15) is 11.1 Å². The van der Waals surface area contributed by atoms with Crippen molar-refractivity contribution in [1.29, 1.82) is 0 Å². The maximum Gasteiger partial charge on any atom is 0.146 e. The summed E-state index contributed by atoms with van der Waals surface area (Å²) in [4.78, 5) is 4.40. The van der Waals surface area contributed by atoms with Gasteiger partial charge < -0.3 is 5.32 Å². The third-order valence-corrected chi connectivity index (χ3v) is 3.39. The van der Waals surface area contributed by atoms with Gasteiger partial charge in [-0.1, -0.05) is 36.4 Å². The van der Waals surface area contributed by atoms with Crippen LogP contribution in [0.3, 0.4) is 0 Å². The van der Waals surface area contributed by atoms with Crippen molar-refractivity contribution in [3.63, 3.8) is 0 Å². The number of pyridine rings is 1. The summed E-state index contributed by atoms with van der Waals surface area (Å²) in [7, 11) is 0. The van der Waals surface area contributed by atoms with Crippen LogP contribution in [0.5, 0.6) is 0 Å². The van der Waals surface area contributed by atoms with E-state index < -0.39 is 0 Å². The van der Waals surface area contributed by atoms with Gasteiger partial charge >= 0.3 is 0 Å². The van der Waals surface area contributed by atoms with E-state index in [2.05, 4.69) is 10.3 Å². The number of para-hydroxylation sites is 2. The normalized spacial score (nSPS) is 10.7. The monoisotopic (exact) mass is 266 g/mol. The van der Waals surface area contributed by atoms with E-state index >= 15 is 0 Å². The second-order valence-corrected chi connectivity index (χ2v) is 4.78. The van der Waals surface area contributed by atoms with Gasteiger partial charge in [-0.15, -0.1) is 0 Å². The molecule has 1 aromatic heterocycles. The summed E-state index contributed by atoms with van der Waals surface area (Å²) < 4.78 is 13.8. The summed E-state index contributed by atoms with van der Waals surface area (Å²) in [5.41, 5.74) is 3.47. The summed E-state index contributed by atoms with van der Waals surface area (Å²) >= 11 is 0. The third kappa shape index (κ3) is 2.35. The Balaban J connectivity index is 1.91. The Kier molecular flexibility index (Phi) is 3.33. The van der Waals surface area contributed by atoms with Crippen molar-refractivity contribution in [2.75, 3.05) is 5.32 Å². The minimum absolute atomic E-state index is 0.224. The molecule has 1 heterocycles. The number of rotatable bonds is 3. The first kappa shape index (κ1) is 12.6. The molecule has 20 heavy (non-hydrogen) atoms. The van der Waals surface area contributed by atoms with Crippen LogP contribution in [0.4, 0.5) is 10.1 Å². The van der Waals surface area contributed by atoms with Gasteiger partial charge in [-0.2, -0.15) is 0 Å². The van der Waals surface area contributed by atoms with Gasteiger partial charge in [-0.05, 0) is 30.2 Å². The van der Waals surface area contributed by atoms with E-state index in [0.29, 0.717) is 12.2 Å². The summed E-state index contributed by atoms with van der Waals surface area (Å²) in [6.45, 7) is 2.45. The van der Waals surface area contributed by atoms with Crippen LogP contribution in [0.15, 0.2) is 54.7 Å². The van der Waals surface area contributed by atoms with Crippen molar-refractivity contribution in [3.05, 3.63) is 71.7 Å². The van der Waals surface area contributed by atoms with Crippen LogP contribution < -0.4 is 5.32 Å². The van der Waals surface area contributed by atoms with E-state index in [9.17, 15) is 4.39 Å².